The van der Waals surface area contributed by atoms with Crippen LogP contribution in [0, 0.1) is 0 Å². The average molecular weight is 552 g/mol. The molecule has 2 atom stereocenters. The third-order valence-electron chi connectivity index (χ3n) is 6.50. The minimum absolute atomic E-state index is 0.0428. The van der Waals surface area contributed by atoms with Gasteiger partial charge in [-0.15, -0.1) is 0 Å². The lowest BCUT2D eigenvalue weighted by atomic mass is 9.78. The second kappa shape index (κ2) is 12.3. The minimum Gasteiger partial charge on any atom is -0.481 e. The fourth-order valence-electron chi connectivity index (χ4n) is 4.32. The maximum Gasteiger partial charge on any atom is 0.491 e. The molecule has 0 unspecified atom stereocenters. The second-order valence-corrected chi connectivity index (χ2v) is 9.11. The SMILES string of the molecule is CNC(=O)[C@@H](NC(=O)c1ccc2c(c1)B(O)OC2)[C@H](NC(=O)c1ccc2c(c1)B(O)OC2)C(=O)NCCC(=O)O. The molecule has 2 aliphatic rings. The molecule has 40 heavy (non-hydrogen) atoms. The zero-order chi connectivity index (χ0) is 29.0. The Labute approximate surface area is 228 Å². The summed E-state index contributed by atoms with van der Waals surface area (Å²) >= 11 is 0. The summed E-state index contributed by atoms with van der Waals surface area (Å²) in [7, 11) is -1.18. The Bertz CT molecular complexity index is 1360. The Kier molecular flexibility index (Phi) is 8.84. The first-order valence-electron chi connectivity index (χ1n) is 12.3. The number of carbonyl (C=O) groups is 5. The standard InChI is InChI=1S/C24H26B2N4O10/c1-27-23(35)19(29-21(33)12-2-4-14-10-39-25(37)16(14)8-12)20(24(36)28-7-6-18(31)32)30-22(34)13-3-5-15-11-40-26(38)17(15)9-13/h2-5,8-9,19-20,37-38H,6-7,10-11H2,1H3,(H,27,35)(H,28,36)(H,29,33)(H,30,34)(H,31,32)/t19-,20-/m0/s1. The molecule has 4 rings (SSSR count). The van der Waals surface area contributed by atoms with Crippen LogP contribution in [-0.4, -0.2) is 84.7 Å². The van der Waals surface area contributed by atoms with Crippen molar-refractivity contribution < 1.29 is 48.4 Å². The Morgan fingerprint density at radius 2 is 1.30 bits per heavy atom. The third-order valence-corrected chi connectivity index (χ3v) is 6.50. The first kappa shape index (κ1) is 28.8. The summed E-state index contributed by atoms with van der Waals surface area (Å²) < 4.78 is 10.3. The van der Waals surface area contributed by atoms with Crippen LogP contribution >= 0.6 is 0 Å². The van der Waals surface area contributed by atoms with Gasteiger partial charge in [0.1, 0.15) is 12.1 Å². The zero-order valence-corrected chi connectivity index (χ0v) is 21.3. The van der Waals surface area contributed by atoms with Gasteiger partial charge in [0, 0.05) is 24.7 Å². The van der Waals surface area contributed by atoms with Crippen LogP contribution in [-0.2, 0) is 36.9 Å². The van der Waals surface area contributed by atoms with Crippen LogP contribution < -0.4 is 32.2 Å². The van der Waals surface area contributed by atoms with Gasteiger partial charge < -0.3 is 45.7 Å². The average Bonchev–Trinajstić information content (AvgIpc) is 3.50. The van der Waals surface area contributed by atoms with Crippen LogP contribution in [0.1, 0.15) is 38.3 Å². The molecule has 2 heterocycles. The van der Waals surface area contributed by atoms with E-state index in [1.54, 1.807) is 12.1 Å². The summed E-state index contributed by atoms with van der Waals surface area (Å²) in [5.41, 5.74) is 2.20. The van der Waals surface area contributed by atoms with Gasteiger partial charge in [-0.05, 0) is 46.3 Å². The lowest BCUT2D eigenvalue weighted by Gasteiger charge is -2.27. The number of nitrogens with one attached hydrogen (secondary N) is 4. The molecule has 2 aromatic rings. The molecule has 16 heteroatoms. The van der Waals surface area contributed by atoms with Crippen molar-refractivity contribution in [2.45, 2.75) is 31.7 Å². The first-order chi connectivity index (χ1) is 19.1. The monoisotopic (exact) mass is 552 g/mol. The van der Waals surface area contributed by atoms with Crippen LogP contribution in [0.2, 0.25) is 0 Å². The van der Waals surface area contributed by atoms with Gasteiger partial charge in [0.15, 0.2) is 0 Å². The van der Waals surface area contributed by atoms with Crippen LogP contribution in [0.4, 0.5) is 0 Å². The molecule has 0 aliphatic carbocycles. The molecule has 0 fully saturated rings. The van der Waals surface area contributed by atoms with Crippen LogP contribution in [0.3, 0.4) is 0 Å². The number of amides is 4. The Hall–Kier alpha value is -4.24. The molecule has 0 bridgehead atoms. The quantitative estimate of drug-likeness (QED) is 0.144. The van der Waals surface area contributed by atoms with E-state index in [-0.39, 0.29) is 30.9 Å². The fourth-order valence-corrected chi connectivity index (χ4v) is 4.32. The summed E-state index contributed by atoms with van der Waals surface area (Å²) in [6, 6.07) is 5.52. The van der Waals surface area contributed by atoms with E-state index in [1.165, 1.54) is 31.3 Å². The van der Waals surface area contributed by atoms with E-state index in [1.807, 2.05) is 0 Å². The number of likely N-dealkylation sites (N-methyl/N-ethyl adjacent to an activating group) is 1. The molecule has 2 aromatic carbocycles. The van der Waals surface area contributed by atoms with Gasteiger partial charge in [-0.1, -0.05) is 12.1 Å². The van der Waals surface area contributed by atoms with Crippen molar-refractivity contribution in [3.8, 4) is 0 Å². The van der Waals surface area contributed by atoms with Crippen molar-refractivity contribution in [2.24, 2.45) is 0 Å². The van der Waals surface area contributed by atoms with E-state index in [0.29, 0.717) is 22.1 Å². The maximum absolute atomic E-state index is 13.2. The van der Waals surface area contributed by atoms with Gasteiger partial charge in [-0.2, -0.15) is 0 Å². The predicted octanol–water partition coefficient (Wildman–Crippen LogP) is -3.64. The summed E-state index contributed by atoms with van der Waals surface area (Å²) in [5, 5.41) is 38.5. The zero-order valence-electron chi connectivity index (χ0n) is 21.3. The number of aliphatic carboxylic acids is 1. The highest BCUT2D eigenvalue weighted by molar-refractivity contribution is 6.62. The van der Waals surface area contributed by atoms with Crippen molar-refractivity contribution in [3.05, 3.63) is 58.7 Å². The number of rotatable bonds is 10. The summed E-state index contributed by atoms with van der Waals surface area (Å²) in [4.78, 5) is 63.3. The van der Waals surface area contributed by atoms with E-state index in [2.05, 4.69) is 21.3 Å². The van der Waals surface area contributed by atoms with Crippen molar-refractivity contribution in [3.63, 3.8) is 0 Å². The highest BCUT2D eigenvalue weighted by Gasteiger charge is 2.37. The molecule has 0 radical (unpaired) electrons. The first-order valence-corrected chi connectivity index (χ1v) is 12.3. The number of carboxylic acids is 1. The van der Waals surface area contributed by atoms with Gasteiger partial charge >= 0.3 is 20.2 Å². The Morgan fingerprint density at radius 3 is 1.75 bits per heavy atom. The summed E-state index contributed by atoms with van der Waals surface area (Å²) in [6.45, 7) is 0.0133. The van der Waals surface area contributed by atoms with Crippen molar-refractivity contribution in [1.82, 2.24) is 21.3 Å². The van der Waals surface area contributed by atoms with E-state index >= 15 is 0 Å². The Balaban J connectivity index is 1.60. The molecule has 208 valence electrons. The number of fused-ring (bicyclic) bond motifs is 2. The smallest absolute Gasteiger partial charge is 0.481 e. The van der Waals surface area contributed by atoms with E-state index in [4.69, 9.17) is 14.4 Å². The topological polar surface area (TPSA) is 213 Å². The predicted molar refractivity (Wildman–Crippen MR) is 140 cm³/mol. The van der Waals surface area contributed by atoms with Crippen LogP contribution in [0.5, 0.6) is 0 Å². The largest absolute Gasteiger partial charge is 0.491 e. The normalized spacial score (nSPS) is 15.0. The van der Waals surface area contributed by atoms with Crippen molar-refractivity contribution in [1.29, 1.82) is 0 Å². The minimum atomic E-state index is -1.68. The number of hydrogen-bond acceptors (Lipinski definition) is 9. The molecule has 0 aromatic heterocycles. The lowest BCUT2D eigenvalue weighted by Crippen LogP contribution is -2.63. The van der Waals surface area contributed by atoms with Crippen LogP contribution in [0.15, 0.2) is 36.4 Å². The van der Waals surface area contributed by atoms with Crippen LogP contribution in [0.25, 0.3) is 0 Å². The molecule has 2 aliphatic heterocycles. The van der Waals surface area contributed by atoms with E-state index in [0.717, 1.165) is 0 Å². The molecular weight excluding hydrogens is 526 g/mol. The molecule has 0 spiro atoms. The van der Waals surface area contributed by atoms with Gasteiger partial charge in [-0.25, -0.2) is 0 Å². The lowest BCUT2D eigenvalue weighted by molar-refractivity contribution is -0.137. The molecule has 0 saturated carbocycles. The molecular formula is C24H26B2N4O10. The fraction of sp³-hybridized carbons (Fsp3) is 0.292. The molecule has 14 nitrogen and oxygen atoms in total. The summed E-state index contributed by atoms with van der Waals surface area (Å²) in [6.07, 6.45) is -0.425. The number of hydrogen-bond donors (Lipinski definition) is 7. The van der Waals surface area contributed by atoms with Crippen molar-refractivity contribution >= 4 is 54.8 Å². The number of benzene rings is 2. The van der Waals surface area contributed by atoms with Gasteiger partial charge in [0.05, 0.1) is 19.6 Å². The highest BCUT2D eigenvalue weighted by Crippen LogP contribution is 2.14. The highest BCUT2D eigenvalue weighted by atomic mass is 16.5. The van der Waals surface area contributed by atoms with E-state index in [9.17, 15) is 34.0 Å². The number of carboxylic acid groups (broad SMARTS) is 1. The Morgan fingerprint density at radius 1 is 0.825 bits per heavy atom. The maximum atomic E-state index is 13.2. The third kappa shape index (κ3) is 6.31. The number of carbonyl (C=O) groups excluding carboxylic acids is 4. The summed E-state index contributed by atoms with van der Waals surface area (Å²) in [5.74, 6) is -4.52. The van der Waals surface area contributed by atoms with Gasteiger partial charge in [0.2, 0.25) is 11.8 Å². The van der Waals surface area contributed by atoms with Gasteiger partial charge in [0.25, 0.3) is 11.8 Å². The molecule has 7 N–H and O–H groups in total. The van der Waals surface area contributed by atoms with Gasteiger partial charge in [-0.3, -0.25) is 24.0 Å². The second-order valence-electron chi connectivity index (χ2n) is 9.11. The molecule has 0 saturated heterocycles. The van der Waals surface area contributed by atoms with E-state index < -0.39 is 62.3 Å². The molecule has 4 amide bonds. The van der Waals surface area contributed by atoms with Crippen molar-refractivity contribution in [2.75, 3.05) is 13.6 Å².